The highest BCUT2D eigenvalue weighted by Gasteiger charge is 2.51. The predicted molar refractivity (Wildman–Crippen MR) is 256 cm³/mol. The van der Waals surface area contributed by atoms with Crippen LogP contribution in [-0.2, 0) is 9.31 Å². The van der Waals surface area contributed by atoms with Gasteiger partial charge in [0, 0.05) is 80.3 Å². The van der Waals surface area contributed by atoms with E-state index < -0.39 is 78.7 Å². The maximum Gasteiger partial charge on any atom is 0.494 e. The molecule has 4 aromatic rings. The van der Waals surface area contributed by atoms with E-state index in [0.29, 0.717) is 50.6 Å². The molecule has 2 N–H and O–H groups in total. The molecule has 3 aliphatic rings. The van der Waals surface area contributed by atoms with Gasteiger partial charge < -0.3 is 39.1 Å². The van der Waals surface area contributed by atoms with E-state index in [1.165, 1.54) is 12.4 Å². The van der Waals surface area contributed by atoms with E-state index in [1.54, 1.807) is 0 Å². The lowest BCUT2D eigenvalue weighted by Gasteiger charge is -2.37. The number of nitrogens with zero attached hydrogens (tertiary/aromatic N) is 6. The molecular weight excluding hydrogens is 962 g/mol. The molecule has 0 radical (unpaired) electrons. The Morgan fingerprint density at radius 3 is 1.20 bits per heavy atom. The molecule has 21 heteroatoms. The first-order valence-corrected chi connectivity index (χ1v) is 20.8. The molecule has 3 atom stereocenters. The SMILES string of the molecule is C.C.C.CC1(C)OB(c2ccc(N3CCN(c4cnc(C(O)CC(F)(F)F)c(F)c4)CC3)cc2)OC1(C)C.OC(CC(F)(F)F)c1ncc(N2CCN(c3ccc(Br)cc3)CC2)cc1F.P. The van der Waals surface area contributed by atoms with E-state index in [-0.39, 0.29) is 32.2 Å². The van der Waals surface area contributed by atoms with E-state index in [1.807, 2.05) is 86.0 Å². The topological polar surface area (TPSA) is 97.7 Å². The lowest BCUT2D eigenvalue weighted by Crippen LogP contribution is -2.46. The van der Waals surface area contributed by atoms with Gasteiger partial charge in [0.1, 0.15) is 35.2 Å². The molecule has 7 rings (SSSR count). The number of halogens is 9. The number of piperazine rings is 2. The van der Waals surface area contributed by atoms with E-state index in [9.17, 15) is 45.3 Å². The number of anilines is 4. The van der Waals surface area contributed by atoms with Crippen molar-refractivity contribution >= 4 is 61.2 Å². The number of benzene rings is 2. The number of alkyl halides is 6. The van der Waals surface area contributed by atoms with E-state index in [4.69, 9.17) is 9.31 Å². The molecule has 3 saturated heterocycles. The quantitative estimate of drug-likeness (QED) is 0.0959. The molecule has 3 aliphatic heterocycles. The van der Waals surface area contributed by atoms with Crippen LogP contribution in [-0.4, -0.2) is 103 Å². The van der Waals surface area contributed by atoms with E-state index in [0.717, 1.165) is 46.5 Å². The Balaban J connectivity index is 0.000000440. The Labute approximate surface area is 395 Å². The number of aliphatic hydroxyl groups excluding tert-OH is 2. The van der Waals surface area contributed by atoms with Crippen LogP contribution >= 0.6 is 25.8 Å². The van der Waals surface area contributed by atoms with Crippen LogP contribution in [0.1, 0.15) is 86.4 Å². The largest absolute Gasteiger partial charge is 0.494 e. The first-order chi connectivity index (χ1) is 29.0. The highest BCUT2D eigenvalue weighted by molar-refractivity contribution is 9.10. The zero-order valence-electron chi connectivity index (χ0n) is 35.2. The van der Waals surface area contributed by atoms with Gasteiger partial charge in [-0.05, 0) is 69.6 Å². The van der Waals surface area contributed by atoms with Gasteiger partial charge in [-0.1, -0.05) is 50.3 Å². The molecule has 0 bridgehead atoms. The molecule has 0 amide bonds. The molecule has 10 nitrogen and oxygen atoms in total. The van der Waals surface area contributed by atoms with Gasteiger partial charge in [0.25, 0.3) is 0 Å². The monoisotopic (exact) mass is 1020 g/mol. The van der Waals surface area contributed by atoms with Crippen LogP contribution in [0, 0.1) is 11.6 Å². The number of pyridine rings is 2. The number of aliphatic hydroxyl groups is 2. The van der Waals surface area contributed by atoms with Crippen LogP contribution in [0.2, 0.25) is 0 Å². The minimum Gasteiger partial charge on any atom is -0.399 e. The van der Waals surface area contributed by atoms with Crippen molar-refractivity contribution in [1.29, 1.82) is 0 Å². The lowest BCUT2D eigenvalue weighted by atomic mass is 9.79. The highest BCUT2D eigenvalue weighted by atomic mass is 79.9. The second-order valence-corrected chi connectivity index (χ2v) is 17.3. The fourth-order valence-corrected chi connectivity index (χ4v) is 7.53. The summed E-state index contributed by atoms with van der Waals surface area (Å²) in [7, 11) is -0.425. The van der Waals surface area contributed by atoms with Crippen molar-refractivity contribution in [2.45, 2.75) is 98.6 Å². The standard InChI is InChI=1S/C24H30BF4N3O3.C18H18BrF4N3O.3CH4.H3P/c1-22(2)23(3,4)35-25(34-22)16-5-7-17(8-6-16)31-9-11-32(12-10-31)18-13-19(26)21(30-15-18)20(33)14-24(27,28)29;19-12-1-3-13(4-2-12)25-5-7-26(8-6-25)14-9-15(20)17(24-11-14)16(27)10-18(21,22)23;;;;/h5-8,13,15,20,33H,9-12,14H2,1-4H3;1-4,9,11,16,27H,5-8,10H2;3*1H4;1H3. The van der Waals surface area contributed by atoms with Crippen molar-refractivity contribution in [3.05, 3.63) is 101 Å². The first kappa shape index (κ1) is 58.3. The van der Waals surface area contributed by atoms with Crippen LogP contribution in [0.15, 0.2) is 77.5 Å². The second kappa shape index (κ2) is 23.5. The summed E-state index contributed by atoms with van der Waals surface area (Å²) < 4.78 is 116. The third-order valence-corrected chi connectivity index (χ3v) is 12.0. The number of hydrogen-bond donors (Lipinski definition) is 2. The number of aromatic nitrogens is 2. The van der Waals surface area contributed by atoms with Crippen molar-refractivity contribution in [3.63, 3.8) is 0 Å². The fourth-order valence-electron chi connectivity index (χ4n) is 7.26. The summed E-state index contributed by atoms with van der Waals surface area (Å²) >= 11 is 3.40. The van der Waals surface area contributed by atoms with Gasteiger partial charge in [-0.15, -0.1) is 0 Å². The summed E-state index contributed by atoms with van der Waals surface area (Å²) in [5.41, 5.74) is 2.06. The van der Waals surface area contributed by atoms with Crippen molar-refractivity contribution in [1.82, 2.24) is 9.97 Å². The van der Waals surface area contributed by atoms with Gasteiger partial charge in [-0.25, -0.2) is 8.78 Å². The molecule has 0 spiro atoms. The van der Waals surface area contributed by atoms with Gasteiger partial charge in [0.05, 0.1) is 47.8 Å². The lowest BCUT2D eigenvalue weighted by molar-refractivity contribution is -0.156. The molecule has 0 saturated carbocycles. The Hall–Kier alpha value is -3.81. The summed E-state index contributed by atoms with van der Waals surface area (Å²) in [6, 6.07) is 18.3. The third-order valence-electron chi connectivity index (χ3n) is 11.5. The van der Waals surface area contributed by atoms with Gasteiger partial charge in [-0.2, -0.15) is 36.2 Å². The van der Waals surface area contributed by atoms with E-state index >= 15 is 0 Å². The van der Waals surface area contributed by atoms with Crippen LogP contribution in [0.25, 0.3) is 0 Å². The zero-order chi connectivity index (χ0) is 45.2. The van der Waals surface area contributed by atoms with Gasteiger partial charge in [0.2, 0.25) is 0 Å². The summed E-state index contributed by atoms with van der Waals surface area (Å²) in [6.45, 7) is 13.3. The van der Waals surface area contributed by atoms with Crippen LogP contribution in [0.4, 0.5) is 57.9 Å². The molecule has 3 fully saturated rings. The molecule has 2 aromatic carbocycles. The molecule has 5 heterocycles. The summed E-state index contributed by atoms with van der Waals surface area (Å²) in [4.78, 5) is 15.8. The minimum absolute atomic E-state index is 0. The highest BCUT2D eigenvalue weighted by Crippen LogP contribution is 2.37. The zero-order valence-corrected chi connectivity index (χ0v) is 38.2. The number of rotatable bonds is 9. The molecular formula is C45H63BBrF8N6O4P. The molecule has 2 aromatic heterocycles. The Kier molecular flexibility index (Phi) is 20.7. The Morgan fingerprint density at radius 2 is 0.894 bits per heavy atom. The Morgan fingerprint density at radius 1 is 0.591 bits per heavy atom. The summed E-state index contributed by atoms with van der Waals surface area (Å²) in [6.07, 6.45) is -13.7. The van der Waals surface area contributed by atoms with Crippen molar-refractivity contribution in [2.24, 2.45) is 0 Å². The summed E-state index contributed by atoms with van der Waals surface area (Å²) in [5.74, 6) is -1.88. The maximum absolute atomic E-state index is 14.4. The molecule has 66 heavy (non-hydrogen) atoms. The number of hydrogen-bond acceptors (Lipinski definition) is 10. The molecule has 0 aliphatic carbocycles. The predicted octanol–water partition coefficient (Wildman–Crippen LogP) is 10.1. The van der Waals surface area contributed by atoms with E-state index in [2.05, 4.69) is 35.7 Å². The van der Waals surface area contributed by atoms with Crippen LogP contribution < -0.4 is 25.1 Å². The van der Waals surface area contributed by atoms with Crippen LogP contribution in [0.5, 0.6) is 0 Å². The molecule has 3 unspecified atom stereocenters. The van der Waals surface area contributed by atoms with Crippen molar-refractivity contribution in [3.8, 4) is 0 Å². The van der Waals surface area contributed by atoms with Gasteiger partial charge in [-0.3, -0.25) is 9.97 Å². The third kappa shape index (κ3) is 14.8. The van der Waals surface area contributed by atoms with Crippen molar-refractivity contribution < 1.29 is 54.6 Å². The van der Waals surface area contributed by atoms with Crippen molar-refractivity contribution in [2.75, 3.05) is 72.0 Å². The normalized spacial score (nSPS) is 17.8. The average Bonchev–Trinajstić information content (AvgIpc) is 3.42. The maximum atomic E-state index is 14.4. The second-order valence-electron chi connectivity index (χ2n) is 16.4. The molecule has 368 valence electrons. The van der Waals surface area contributed by atoms with Gasteiger partial charge in [0.15, 0.2) is 0 Å². The first-order valence-electron chi connectivity index (χ1n) is 20.0. The smallest absolute Gasteiger partial charge is 0.399 e. The average molecular weight is 1030 g/mol. The minimum atomic E-state index is -4.61. The summed E-state index contributed by atoms with van der Waals surface area (Å²) in [5, 5.41) is 19.3. The van der Waals surface area contributed by atoms with Gasteiger partial charge >= 0.3 is 19.5 Å². The van der Waals surface area contributed by atoms with Crippen LogP contribution in [0.3, 0.4) is 0 Å². The Bertz CT molecular complexity index is 2110. The fraction of sp³-hybridized carbons (Fsp3) is 0.511.